The summed E-state index contributed by atoms with van der Waals surface area (Å²) >= 11 is 1.53. The topological polar surface area (TPSA) is 79.1 Å². The zero-order valence-electron chi connectivity index (χ0n) is 23.5. The number of amides is 1. The molecule has 0 saturated carbocycles. The number of likely N-dealkylation sites (tertiary alicyclic amines) is 1. The molecule has 2 aliphatic rings. The molecule has 2 fully saturated rings. The van der Waals surface area contributed by atoms with Gasteiger partial charge in [0.2, 0.25) is 0 Å². The van der Waals surface area contributed by atoms with Crippen LogP contribution in [0.3, 0.4) is 0 Å². The van der Waals surface area contributed by atoms with Crippen LogP contribution in [0.25, 0.3) is 16.9 Å². The third-order valence-corrected chi connectivity index (χ3v) is 8.46. The molecule has 2 aliphatic heterocycles. The summed E-state index contributed by atoms with van der Waals surface area (Å²) in [6.07, 6.45) is 0.527. The smallest absolute Gasteiger partial charge is 0.410 e. The predicted molar refractivity (Wildman–Crippen MR) is 155 cm³/mol. The van der Waals surface area contributed by atoms with Crippen molar-refractivity contribution in [1.29, 1.82) is 0 Å². The molecule has 0 N–H and O–H groups in total. The molecule has 2 saturated heterocycles. The number of hydrogen-bond donors (Lipinski definition) is 0. The normalized spacial score (nSPS) is 18.9. The van der Waals surface area contributed by atoms with Crippen LogP contribution in [0.15, 0.2) is 41.8 Å². The summed E-state index contributed by atoms with van der Waals surface area (Å²) in [7, 11) is 1.98. The molecule has 210 valence electrons. The number of fused-ring (bicyclic) bond motifs is 2. The molecule has 0 aliphatic carbocycles. The van der Waals surface area contributed by atoms with Crippen LogP contribution in [0.2, 0.25) is 0 Å². The maximum absolute atomic E-state index is 13.4. The van der Waals surface area contributed by atoms with Crippen molar-refractivity contribution in [2.75, 3.05) is 43.0 Å². The molecule has 40 heavy (non-hydrogen) atoms. The number of carbonyl (C=O) groups is 1. The molecule has 2 atom stereocenters. The van der Waals surface area contributed by atoms with Crippen molar-refractivity contribution in [2.24, 2.45) is 11.8 Å². The lowest BCUT2D eigenvalue weighted by atomic mass is 10.0. The first-order valence-corrected chi connectivity index (χ1v) is 14.5. The maximum Gasteiger partial charge on any atom is 0.410 e. The highest BCUT2D eigenvalue weighted by molar-refractivity contribution is 7.14. The van der Waals surface area contributed by atoms with Crippen LogP contribution >= 0.6 is 11.3 Å². The zero-order chi connectivity index (χ0) is 28.2. The van der Waals surface area contributed by atoms with Crippen LogP contribution < -0.4 is 9.80 Å². The second-order valence-corrected chi connectivity index (χ2v) is 12.4. The number of halogens is 1. The molecule has 5 heterocycles. The quantitative estimate of drug-likeness (QED) is 0.312. The van der Waals surface area contributed by atoms with Gasteiger partial charge >= 0.3 is 6.09 Å². The van der Waals surface area contributed by atoms with E-state index in [1.54, 1.807) is 12.1 Å². The molecular formula is C29H34FN7O2S. The number of ether oxygens (including phenoxy) is 1. The molecule has 0 radical (unpaired) electrons. The van der Waals surface area contributed by atoms with Gasteiger partial charge in [-0.15, -0.1) is 16.4 Å². The van der Waals surface area contributed by atoms with Crippen LogP contribution in [0.4, 0.5) is 26.0 Å². The Bertz CT molecular complexity index is 1530. The van der Waals surface area contributed by atoms with Gasteiger partial charge < -0.3 is 19.4 Å². The van der Waals surface area contributed by atoms with Crippen LogP contribution in [0.1, 0.15) is 33.4 Å². The highest BCUT2D eigenvalue weighted by atomic mass is 32.1. The molecule has 11 heteroatoms. The number of carbonyl (C=O) groups excluding carboxylic acids is 1. The van der Waals surface area contributed by atoms with Crippen LogP contribution in [0, 0.1) is 17.7 Å². The SMILES string of the molecule is CCc1nc2ccc(N3CC4CN(C(=O)OC(C)(C)C)CC4C3)nn2c1N(C)c1nc(-c2ccc(F)cc2)cs1. The summed E-state index contributed by atoms with van der Waals surface area (Å²) in [4.78, 5) is 28.5. The van der Waals surface area contributed by atoms with Crippen LogP contribution in [0.5, 0.6) is 0 Å². The second kappa shape index (κ2) is 10.0. The number of aryl methyl sites for hydroxylation is 1. The van der Waals surface area contributed by atoms with Crippen molar-refractivity contribution in [2.45, 2.75) is 39.7 Å². The minimum absolute atomic E-state index is 0.226. The molecule has 3 aromatic heterocycles. The van der Waals surface area contributed by atoms with Crippen LogP contribution in [-0.2, 0) is 11.2 Å². The molecule has 1 amide bonds. The lowest BCUT2D eigenvalue weighted by Gasteiger charge is -2.26. The van der Waals surface area contributed by atoms with E-state index < -0.39 is 5.60 Å². The van der Waals surface area contributed by atoms with Crippen molar-refractivity contribution in [3.8, 4) is 11.3 Å². The molecule has 0 spiro atoms. The number of aromatic nitrogens is 4. The van der Waals surface area contributed by atoms with Crippen molar-refractivity contribution < 1.29 is 13.9 Å². The Morgan fingerprint density at radius 2 is 1.77 bits per heavy atom. The van der Waals surface area contributed by atoms with E-state index in [9.17, 15) is 9.18 Å². The average Bonchev–Trinajstić information content (AvgIpc) is 3.69. The molecular weight excluding hydrogens is 529 g/mol. The molecule has 0 bridgehead atoms. The number of rotatable bonds is 5. The first-order valence-electron chi connectivity index (χ1n) is 13.7. The van der Waals surface area contributed by atoms with Crippen molar-refractivity contribution in [3.63, 3.8) is 0 Å². The number of thiazole rings is 1. The minimum atomic E-state index is -0.492. The van der Waals surface area contributed by atoms with Gasteiger partial charge in [-0.3, -0.25) is 0 Å². The van der Waals surface area contributed by atoms with Crippen molar-refractivity contribution in [1.82, 2.24) is 24.5 Å². The number of benzene rings is 1. The van der Waals surface area contributed by atoms with Gasteiger partial charge in [0.1, 0.15) is 17.2 Å². The summed E-state index contributed by atoms with van der Waals surface area (Å²) in [6.45, 7) is 10.9. The number of hydrogen-bond acceptors (Lipinski definition) is 8. The highest BCUT2D eigenvalue weighted by Crippen LogP contribution is 2.36. The minimum Gasteiger partial charge on any atom is -0.444 e. The van der Waals surface area contributed by atoms with Gasteiger partial charge in [-0.05, 0) is 63.6 Å². The summed E-state index contributed by atoms with van der Waals surface area (Å²) in [5, 5.41) is 7.83. The zero-order valence-corrected chi connectivity index (χ0v) is 24.3. The number of nitrogens with zero attached hydrogens (tertiary/aromatic N) is 7. The Kier molecular flexibility index (Phi) is 6.64. The molecule has 1 aromatic carbocycles. The molecule has 4 aromatic rings. The number of anilines is 3. The van der Waals surface area contributed by atoms with Gasteiger partial charge in [-0.1, -0.05) is 6.92 Å². The summed E-state index contributed by atoms with van der Waals surface area (Å²) in [5.74, 6) is 2.29. The fourth-order valence-corrected chi connectivity index (χ4v) is 6.42. The van der Waals surface area contributed by atoms with Gasteiger partial charge in [-0.2, -0.15) is 4.52 Å². The van der Waals surface area contributed by atoms with Gasteiger partial charge in [0.15, 0.2) is 16.6 Å². The van der Waals surface area contributed by atoms with E-state index in [-0.39, 0.29) is 11.9 Å². The van der Waals surface area contributed by atoms with Gasteiger partial charge in [0, 0.05) is 56.0 Å². The first kappa shape index (κ1) is 26.5. The Morgan fingerprint density at radius 1 is 1.07 bits per heavy atom. The summed E-state index contributed by atoms with van der Waals surface area (Å²) in [5.41, 5.74) is 2.91. The van der Waals surface area contributed by atoms with E-state index in [2.05, 4.69) is 11.8 Å². The second-order valence-electron chi connectivity index (χ2n) is 11.6. The monoisotopic (exact) mass is 563 g/mol. The third kappa shape index (κ3) is 4.98. The van der Waals surface area contributed by atoms with E-state index in [0.717, 1.165) is 58.9 Å². The van der Waals surface area contributed by atoms with E-state index in [1.807, 2.05) is 59.6 Å². The van der Waals surface area contributed by atoms with Crippen molar-refractivity contribution >= 4 is 39.8 Å². The standard InChI is InChI=1S/C29H34FN7O2S/c1-6-22-26(34(5)27-32-23(17-40-27)18-7-9-21(30)10-8-18)37-24(31-22)11-12-25(33-37)35-13-19-15-36(16-20(19)14-35)28(38)39-29(2,3)4/h7-12,17,19-20H,6,13-16H2,1-5H3. The predicted octanol–water partition coefficient (Wildman–Crippen LogP) is 5.63. The Balaban J connectivity index is 1.23. The van der Waals surface area contributed by atoms with Gasteiger partial charge in [0.25, 0.3) is 0 Å². The van der Waals surface area contributed by atoms with E-state index in [0.29, 0.717) is 24.9 Å². The molecule has 6 rings (SSSR count). The lowest BCUT2D eigenvalue weighted by Crippen LogP contribution is -2.37. The number of imidazole rings is 1. The van der Waals surface area contributed by atoms with Gasteiger partial charge in [0.05, 0.1) is 11.4 Å². The average molecular weight is 564 g/mol. The Labute approximate surface area is 237 Å². The maximum atomic E-state index is 13.4. The third-order valence-electron chi connectivity index (χ3n) is 7.54. The molecule has 9 nitrogen and oxygen atoms in total. The summed E-state index contributed by atoms with van der Waals surface area (Å²) in [6, 6.07) is 10.4. The van der Waals surface area contributed by atoms with Gasteiger partial charge in [-0.25, -0.2) is 19.2 Å². The Hall–Kier alpha value is -3.73. The van der Waals surface area contributed by atoms with Crippen molar-refractivity contribution in [3.05, 3.63) is 53.3 Å². The fourth-order valence-electron chi connectivity index (χ4n) is 5.62. The fraction of sp³-hybridized carbons (Fsp3) is 0.448. The van der Waals surface area contributed by atoms with E-state index in [4.69, 9.17) is 19.8 Å². The van der Waals surface area contributed by atoms with E-state index in [1.165, 1.54) is 23.5 Å². The van der Waals surface area contributed by atoms with E-state index >= 15 is 0 Å². The largest absolute Gasteiger partial charge is 0.444 e. The van der Waals surface area contributed by atoms with Crippen LogP contribution in [-0.4, -0.2) is 69.4 Å². The molecule has 2 unspecified atom stereocenters. The highest BCUT2D eigenvalue weighted by Gasteiger charge is 2.43. The first-order chi connectivity index (χ1) is 19.1. The lowest BCUT2D eigenvalue weighted by molar-refractivity contribution is 0.0282. The summed E-state index contributed by atoms with van der Waals surface area (Å²) < 4.78 is 20.9. The Morgan fingerprint density at radius 3 is 2.42 bits per heavy atom.